The monoisotopic (exact) mass is 362 g/mol. The van der Waals surface area contributed by atoms with Gasteiger partial charge in [0.25, 0.3) is 5.91 Å². The predicted molar refractivity (Wildman–Crippen MR) is 100 cm³/mol. The number of nitrogens with zero attached hydrogens (tertiary/aromatic N) is 1. The largest absolute Gasteiger partial charge is 0.480 e. The number of hydrogen-bond donors (Lipinski definition) is 2. The third kappa shape index (κ3) is 6.11. The molecule has 0 aliphatic carbocycles. The average molecular weight is 362 g/mol. The van der Waals surface area contributed by atoms with Crippen LogP contribution < -0.4 is 5.32 Å². The van der Waals surface area contributed by atoms with Crippen LogP contribution in [0, 0.1) is 5.92 Å². The van der Waals surface area contributed by atoms with E-state index in [2.05, 4.69) is 24.1 Å². The van der Waals surface area contributed by atoms with Gasteiger partial charge in [-0.2, -0.15) is 0 Å². The number of carbonyl (C=O) groups excluding carboxylic acids is 1. The van der Waals surface area contributed by atoms with Gasteiger partial charge in [0, 0.05) is 25.2 Å². The van der Waals surface area contributed by atoms with E-state index < -0.39 is 12.0 Å². The Morgan fingerprint density at radius 3 is 2.27 bits per heavy atom. The van der Waals surface area contributed by atoms with Crippen molar-refractivity contribution in [2.24, 2.45) is 5.92 Å². The van der Waals surface area contributed by atoms with Gasteiger partial charge in [0.2, 0.25) is 0 Å². The number of ether oxygens (including phenoxy) is 1. The molecule has 1 fully saturated rings. The van der Waals surface area contributed by atoms with Crippen LogP contribution >= 0.6 is 0 Å². The van der Waals surface area contributed by atoms with Gasteiger partial charge in [-0.25, -0.2) is 4.79 Å². The molecule has 2 rings (SSSR count). The number of amides is 1. The lowest BCUT2D eigenvalue weighted by molar-refractivity contribution is -0.139. The maximum Gasteiger partial charge on any atom is 0.326 e. The van der Waals surface area contributed by atoms with Crippen molar-refractivity contribution < 1.29 is 19.4 Å². The predicted octanol–water partition coefficient (Wildman–Crippen LogP) is 2.52. The van der Waals surface area contributed by atoms with Crippen molar-refractivity contribution >= 4 is 11.9 Å². The topological polar surface area (TPSA) is 78.9 Å². The summed E-state index contributed by atoms with van der Waals surface area (Å²) in [5.41, 5.74) is 1.60. The summed E-state index contributed by atoms with van der Waals surface area (Å²) < 4.78 is 5.75. The number of carboxylic acid groups (broad SMARTS) is 1. The third-order valence-electron chi connectivity index (χ3n) is 4.43. The molecule has 0 bridgehead atoms. The Bertz CT molecular complexity index is 605. The van der Waals surface area contributed by atoms with Crippen LogP contribution in [0.2, 0.25) is 0 Å². The van der Waals surface area contributed by atoms with Crippen LogP contribution in [0.1, 0.15) is 50.0 Å². The van der Waals surface area contributed by atoms with E-state index in [4.69, 9.17) is 4.74 Å². The van der Waals surface area contributed by atoms with Gasteiger partial charge in [0.15, 0.2) is 0 Å². The van der Waals surface area contributed by atoms with Crippen molar-refractivity contribution in [1.82, 2.24) is 10.2 Å². The summed E-state index contributed by atoms with van der Waals surface area (Å²) in [6.45, 7) is 10.6. The molecule has 6 heteroatoms. The molecule has 1 aliphatic rings. The van der Waals surface area contributed by atoms with E-state index in [1.165, 1.54) is 0 Å². The zero-order chi connectivity index (χ0) is 19.3. The summed E-state index contributed by atoms with van der Waals surface area (Å²) in [5.74, 6) is -1.16. The van der Waals surface area contributed by atoms with Crippen molar-refractivity contribution in [3.8, 4) is 0 Å². The molecule has 26 heavy (non-hydrogen) atoms. The summed E-state index contributed by atoms with van der Waals surface area (Å²) in [4.78, 5) is 26.0. The van der Waals surface area contributed by atoms with Crippen LogP contribution in [0.15, 0.2) is 24.3 Å². The molecule has 1 aromatic carbocycles. The molecular formula is C20H30N2O4. The fourth-order valence-corrected chi connectivity index (χ4v) is 3.37. The number of carboxylic acids is 1. The first-order chi connectivity index (χ1) is 12.2. The number of nitrogens with one attached hydrogen (secondary N) is 1. The summed E-state index contributed by atoms with van der Waals surface area (Å²) in [6, 6.07) is 6.51. The number of carbonyl (C=O) groups is 2. The number of morpholine rings is 1. The van der Waals surface area contributed by atoms with E-state index in [1.54, 1.807) is 12.1 Å². The van der Waals surface area contributed by atoms with Crippen molar-refractivity contribution in [1.29, 1.82) is 0 Å². The molecule has 1 amide bonds. The fourth-order valence-electron chi connectivity index (χ4n) is 3.37. The van der Waals surface area contributed by atoms with E-state index in [-0.39, 0.29) is 24.0 Å². The van der Waals surface area contributed by atoms with E-state index in [0.29, 0.717) is 12.0 Å². The summed E-state index contributed by atoms with van der Waals surface area (Å²) in [6.07, 6.45) is 0.849. The van der Waals surface area contributed by atoms with Gasteiger partial charge in [-0.05, 0) is 43.9 Å². The molecule has 1 aromatic rings. The SMILES string of the molecule is CC(C)C[C@H](NC(=O)c1ccc(CN2C[C@@H](C)O[C@@H](C)C2)cc1)C(=O)O. The first-order valence-corrected chi connectivity index (χ1v) is 9.25. The normalized spacial score (nSPS) is 22.2. The second kappa shape index (κ2) is 9.14. The Kier molecular flexibility index (Phi) is 7.17. The van der Waals surface area contributed by atoms with Gasteiger partial charge in [0.05, 0.1) is 12.2 Å². The molecule has 1 heterocycles. The Morgan fingerprint density at radius 2 is 1.77 bits per heavy atom. The quantitative estimate of drug-likeness (QED) is 0.779. The van der Waals surface area contributed by atoms with Crippen molar-refractivity contribution in [2.75, 3.05) is 13.1 Å². The van der Waals surface area contributed by atoms with Gasteiger partial charge in [-0.3, -0.25) is 9.69 Å². The van der Waals surface area contributed by atoms with E-state index in [0.717, 1.165) is 25.2 Å². The van der Waals surface area contributed by atoms with E-state index in [9.17, 15) is 14.7 Å². The lowest BCUT2D eigenvalue weighted by atomic mass is 10.0. The highest BCUT2D eigenvalue weighted by atomic mass is 16.5. The zero-order valence-electron chi connectivity index (χ0n) is 16.1. The molecule has 0 radical (unpaired) electrons. The van der Waals surface area contributed by atoms with Gasteiger partial charge in [-0.15, -0.1) is 0 Å². The molecule has 2 N–H and O–H groups in total. The van der Waals surface area contributed by atoms with Gasteiger partial charge >= 0.3 is 5.97 Å². The van der Waals surface area contributed by atoms with Crippen molar-refractivity contribution in [3.63, 3.8) is 0 Å². The third-order valence-corrected chi connectivity index (χ3v) is 4.43. The molecule has 1 saturated heterocycles. The molecule has 0 unspecified atom stereocenters. The van der Waals surface area contributed by atoms with Crippen LogP contribution in [-0.2, 0) is 16.1 Å². The van der Waals surface area contributed by atoms with Crippen molar-refractivity contribution in [3.05, 3.63) is 35.4 Å². The lowest BCUT2D eigenvalue weighted by Crippen LogP contribution is -2.44. The molecule has 144 valence electrons. The van der Waals surface area contributed by atoms with Crippen LogP contribution in [0.5, 0.6) is 0 Å². The Morgan fingerprint density at radius 1 is 1.19 bits per heavy atom. The molecule has 0 saturated carbocycles. The number of rotatable bonds is 7. The summed E-state index contributed by atoms with van der Waals surface area (Å²) >= 11 is 0. The zero-order valence-corrected chi connectivity index (χ0v) is 16.1. The van der Waals surface area contributed by atoms with Crippen LogP contribution in [0.25, 0.3) is 0 Å². The van der Waals surface area contributed by atoms with E-state index >= 15 is 0 Å². The molecule has 3 atom stereocenters. The molecule has 0 spiro atoms. The molecule has 1 aliphatic heterocycles. The molecule has 6 nitrogen and oxygen atoms in total. The first-order valence-electron chi connectivity index (χ1n) is 9.25. The highest BCUT2D eigenvalue weighted by molar-refractivity contribution is 5.96. The maximum absolute atomic E-state index is 12.3. The maximum atomic E-state index is 12.3. The minimum absolute atomic E-state index is 0.192. The fraction of sp³-hybridized carbons (Fsp3) is 0.600. The highest BCUT2D eigenvalue weighted by Gasteiger charge is 2.23. The van der Waals surface area contributed by atoms with Gasteiger partial charge < -0.3 is 15.2 Å². The Labute approximate surface area is 155 Å². The van der Waals surface area contributed by atoms with Gasteiger partial charge in [-0.1, -0.05) is 26.0 Å². The van der Waals surface area contributed by atoms with Crippen molar-refractivity contribution in [2.45, 2.75) is 58.9 Å². The number of benzene rings is 1. The number of hydrogen-bond acceptors (Lipinski definition) is 4. The first kappa shape index (κ1) is 20.4. The molecule has 0 aromatic heterocycles. The lowest BCUT2D eigenvalue weighted by Gasteiger charge is -2.35. The average Bonchev–Trinajstić information content (AvgIpc) is 2.53. The summed E-state index contributed by atoms with van der Waals surface area (Å²) in [5, 5.41) is 11.9. The molecular weight excluding hydrogens is 332 g/mol. The smallest absolute Gasteiger partial charge is 0.326 e. The minimum atomic E-state index is -1.00. The minimum Gasteiger partial charge on any atom is -0.480 e. The second-order valence-electron chi connectivity index (χ2n) is 7.64. The Balaban J connectivity index is 1.95. The second-order valence-corrected chi connectivity index (χ2v) is 7.64. The highest BCUT2D eigenvalue weighted by Crippen LogP contribution is 2.15. The standard InChI is InChI=1S/C20H30N2O4/c1-13(2)9-18(20(24)25)21-19(23)17-7-5-16(6-8-17)12-22-10-14(3)26-15(4)11-22/h5-8,13-15,18H,9-12H2,1-4H3,(H,21,23)(H,24,25)/t14-,15+,18-/m0/s1. The Hall–Kier alpha value is -1.92. The number of aliphatic carboxylic acids is 1. The van der Waals surface area contributed by atoms with Gasteiger partial charge in [0.1, 0.15) is 6.04 Å². The van der Waals surface area contributed by atoms with Crippen LogP contribution in [0.3, 0.4) is 0 Å². The van der Waals surface area contributed by atoms with Crippen LogP contribution in [0.4, 0.5) is 0 Å². The summed E-state index contributed by atoms with van der Waals surface area (Å²) in [7, 11) is 0. The van der Waals surface area contributed by atoms with E-state index in [1.807, 2.05) is 26.0 Å². The van der Waals surface area contributed by atoms with Crippen LogP contribution in [-0.4, -0.2) is 53.2 Å².